The Balaban J connectivity index is 2.30. The van der Waals surface area contributed by atoms with E-state index < -0.39 is 5.60 Å². The maximum atomic E-state index is 13.0. The fourth-order valence-corrected chi connectivity index (χ4v) is 3.09. The van der Waals surface area contributed by atoms with Gasteiger partial charge in [-0.2, -0.15) is 11.8 Å². The summed E-state index contributed by atoms with van der Waals surface area (Å²) in [5.74, 6) is 0.387. The first-order valence-corrected chi connectivity index (χ1v) is 5.75. The molecule has 1 fully saturated rings. The van der Waals surface area contributed by atoms with Gasteiger partial charge in [0.2, 0.25) is 0 Å². The monoisotopic (exact) mass is 212 g/mol. The lowest BCUT2D eigenvalue weighted by molar-refractivity contribution is 0.0609. The third kappa shape index (κ3) is 1.79. The SMILES string of the molecule is CC1CC(O)(c2cccc(F)c2)CS1. The minimum atomic E-state index is -0.827. The van der Waals surface area contributed by atoms with Crippen molar-refractivity contribution in [2.24, 2.45) is 0 Å². The van der Waals surface area contributed by atoms with Gasteiger partial charge in [-0.25, -0.2) is 4.39 Å². The van der Waals surface area contributed by atoms with Gasteiger partial charge in [-0.05, 0) is 24.1 Å². The molecule has 14 heavy (non-hydrogen) atoms. The van der Waals surface area contributed by atoms with Crippen molar-refractivity contribution in [2.75, 3.05) is 5.75 Å². The Bertz CT molecular complexity index is 342. The molecule has 0 aromatic heterocycles. The molecule has 2 rings (SSSR count). The zero-order valence-electron chi connectivity index (χ0n) is 8.03. The van der Waals surface area contributed by atoms with Crippen molar-refractivity contribution in [3.8, 4) is 0 Å². The molecule has 1 heterocycles. The van der Waals surface area contributed by atoms with Crippen LogP contribution in [-0.2, 0) is 5.60 Å². The van der Waals surface area contributed by atoms with Gasteiger partial charge in [0.25, 0.3) is 0 Å². The Kier molecular flexibility index (Phi) is 2.54. The summed E-state index contributed by atoms with van der Waals surface area (Å²) in [5, 5.41) is 10.7. The summed E-state index contributed by atoms with van der Waals surface area (Å²) < 4.78 is 13.0. The summed E-state index contributed by atoms with van der Waals surface area (Å²) in [4.78, 5) is 0. The Hall–Kier alpha value is -0.540. The van der Waals surface area contributed by atoms with E-state index in [1.165, 1.54) is 12.1 Å². The molecule has 0 bridgehead atoms. The lowest BCUT2D eigenvalue weighted by atomic mass is 9.91. The number of halogens is 1. The van der Waals surface area contributed by atoms with E-state index in [4.69, 9.17) is 0 Å². The summed E-state index contributed by atoms with van der Waals surface area (Å²) in [7, 11) is 0. The van der Waals surface area contributed by atoms with E-state index in [1.54, 1.807) is 23.9 Å². The standard InChI is InChI=1S/C11H13FOS/c1-8-6-11(13,7-14-8)9-3-2-4-10(12)5-9/h2-5,8,13H,6-7H2,1H3. The van der Waals surface area contributed by atoms with Gasteiger partial charge in [0, 0.05) is 11.0 Å². The van der Waals surface area contributed by atoms with Crippen LogP contribution >= 0.6 is 11.8 Å². The van der Waals surface area contributed by atoms with Gasteiger partial charge in [-0.15, -0.1) is 0 Å². The highest BCUT2D eigenvalue weighted by Crippen LogP contribution is 2.41. The summed E-state index contributed by atoms with van der Waals surface area (Å²) in [6, 6.07) is 6.27. The van der Waals surface area contributed by atoms with Crippen LogP contribution in [0.2, 0.25) is 0 Å². The average molecular weight is 212 g/mol. The molecule has 2 atom stereocenters. The first-order chi connectivity index (χ1) is 6.60. The van der Waals surface area contributed by atoms with Gasteiger partial charge in [-0.3, -0.25) is 0 Å². The van der Waals surface area contributed by atoms with Crippen LogP contribution in [0.3, 0.4) is 0 Å². The van der Waals surface area contributed by atoms with Crippen molar-refractivity contribution in [1.82, 2.24) is 0 Å². The quantitative estimate of drug-likeness (QED) is 0.772. The average Bonchev–Trinajstić information content (AvgIpc) is 2.48. The van der Waals surface area contributed by atoms with Gasteiger partial charge < -0.3 is 5.11 Å². The van der Waals surface area contributed by atoms with E-state index in [0.717, 1.165) is 0 Å². The molecule has 1 aliphatic rings. The number of aliphatic hydroxyl groups is 1. The molecular formula is C11H13FOS. The second-order valence-corrected chi connectivity index (χ2v) is 5.29. The maximum Gasteiger partial charge on any atom is 0.123 e. The van der Waals surface area contributed by atoms with Crippen LogP contribution in [0.5, 0.6) is 0 Å². The third-order valence-corrected chi connectivity index (χ3v) is 3.97. The normalized spacial score (nSPS) is 32.1. The molecule has 0 saturated carbocycles. The van der Waals surface area contributed by atoms with Crippen molar-refractivity contribution in [1.29, 1.82) is 0 Å². The van der Waals surface area contributed by atoms with Gasteiger partial charge >= 0.3 is 0 Å². The van der Waals surface area contributed by atoms with E-state index >= 15 is 0 Å². The fourth-order valence-electron chi connectivity index (χ4n) is 1.85. The van der Waals surface area contributed by atoms with Crippen molar-refractivity contribution in [3.63, 3.8) is 0 Å². The van der Waals surface area contributed by atoms with E-state index in [9.17, 15) is 9.50 Å². The molecule has 1 aromatic rings. The Labute approximate surface area is 87.3 Å². The van der Waals surface area contributed by atoms with Crippen LogP contribution in [0, 0.1) is 5.82 Å². The molecule has 0 spiro atoms. The van der Waals surface area contributed by atoms with Crippen molar-refractivity contribution in [2.45, 2.75) is 24.2 Å². The molecule has 1 nitrogen and oxygen atoms in total. The van der Waals surface area contributed by atoms with Gasteiger partial charge in [0.15, 0.2) is 0 Å². The summed E-state index contributed by atoms with van der Waals surface area (Å²) in [6.45, 7) is 2.09. The highest BCUT2D eigenvalue weighted by atomic mass is 32.2. The molecule has 1 saturated heterocycles. The van der Waals surface area contributed by atoms with Crippen LogP contribution in [0.25, 0.3) is 0 Å². The lowest BCUT2D eigenvalue weighted by Crippen LogP contribution is -2.25. The number of thioether (sulfide) groups is 1. The fraction of sp³-hybridized carbons (Fsp3) is 0.455. The summed E-state index contributed by atoms with van der Waals surface area (Å²) in [6.07, 6.45) is 0.709. The number of benzene rings is 1. The zero-order valence-corrected chi connectivity index (χ0v) is 8.85. The molecule has 0 amide bonds. The molecule has 1 N–H and O–H groups in total. The van der Waals surface area contributed by atoms with Crippen molar-refractivity contribution in [3.05, 3.63) is 35.6 Å². The minimum Gasteiger partial charge on any atom is -0.384 e. The second-order valence-electron chi connectivity index (χ2n) is 3.87. The second kappa shape index (κ2) is 3.55. The Morgan fingerprint density at radius 2 is 2.36 bits per heavy atom. The molecule has 0 radical (unpaired) electrons. The van der Waals surface area contributed by atoms with Crippen LogP contribution in [0.15, 0.2) is 24.3 Å². The molecule has 1 aromatic carbocycles. The van der Waals surface area contributed by atoms with Crippen molar-refractivity contribution < 1.29 is 9.50 Å². The number of hydrogen-bond acceptors (Lipinski definition) is 2. The first-order valence-electron chi connectivity index (χ1n) is 4.70. The van der Waals surface area contributed by atoms with E-state index in [1.807, 2.05) is 0 Å². The highest BCUT2D eigenvalue weighted by molar-refractivity contribution is 8.00. The van der Waals surface area contributed by atoms with Crippen molar-refractivity contribution >= 4 is 11.8 Å². The predicted octanol–water partition coefficient (Wildman–Crippen LogP) is 2.54. The van der Waals surface area contributed by atoms with Crippen LogP contribution in [0.4, 0.5) is 4.39 Å². The maximum absolute atomic E-state index is 13.0. The predicted molar refractivity (Wildman–Crippen MR) is 56.8 cm³/mol. The van der Waals surface area contributed by atoms with E-state index in [2.05, 4.69) is 6.92 Å². The van der Waals surface area contributed by atoms with E-state index in [-0.39, 0.29) is 5.82 Å². The van der Waals surface area contributed by atoms with Crippen LogP contribution in [0.1, 0.15) is 18.9 Å². The first kappa shape index (κ1) is 9.99. The highest BCUT2D eigenvalue weighted by Gasteiger charge is 2.37. The lowest BCUT2D eigenvalue weighted by Gasteiger charge is -2.22. The smallest absolute Gasteiger partial charge is 0.123 e. The third-order valence-electron chi connectivity index (χ3n) is 2.59. The molecule has 0 aliphatic carbocycles. The summed E-state index contributed by atoms with van der Waals surface area (Å²) >= 11 is 1.73. The summed E-state index contributed by atoms with van der Waals surface area (Å²) in [5.41, 5.74) is -0.124. The topological polar surface area (TPSA) is 20.2 Å². The molecule has 1 aliphatic heterocycles. The number of hydrogen-bond donors (Lipinski definition) is 1. The largest absolute Gasteiger partial charge is 0.384 e. The van der Waals surface area contributed by atoms with E-state index in [0.29, 0.717) is 23.0 Å². The molecule has 3 heteroatoms. The van der Waals surface area contributed by atoms with Gasteiger partial charge in [0.05, 0.1) is 5.60 Å². The number of rotatable bonds is 1. The van der Waals surface area contributed by atoms with Crippen LogP contribution < -0.4 is 0 Å². The molecule has 76 valence electrons. The van der Waals surface area contributed by atoms with Gasteiger partial charge in [0.1, 0.15) is 5.82 Å². The molecular weight excluding hydrogens is 199 g/mol. The van der Waals surface area contributed by atoms with Gasteiger partial charge in [-0.1, -0.05) is 19.1 Å². The van der Waals surface area contributed by atoms with Crippen LogP contribution in [-0.4, -0.2) is 16.1 Å². The molecule has 2 unspecified atom stereocenters. The minimum absolute atomic E-state index is 0.277. The zero-order chi connectivity index (χ0) is 10.2. The Morgan fingerprint density at radius 3 is 2.93 bits per heavy atom. The Morgan fingerprint density at radius 1 is 1.57 bits per heavy atom.